The summed E-state index contributed by atoms with van der Waals surface area (Å²) in [6.45, 7) is 6.27. The minimum Gasteiger partial charge on any atom is -0.371 e. The smallest absolute Gasteiger partial charge is 0.253 e. The molecule has 0 unspecified atom stereocenters. The van der Waals surface area contributed by atoms with E-state index in [0.717, 1.165) is 12.1 Å². The number of carbonyl (C=O) groups is 1. The number of nitrogens with zero attached hydrogens (tertiary/aromatic N) is 1. The highest BCUT2D eigenvalue weighted by molar-refractivity contribution is 7.89. The first-order valence-corrected chi connectivity index (χ1v) is 12.1. The molecule has 162 valence electrons. The second kappa shape index (κ2) is 10.1. The van der Waals surface area contributed by atoms with Gasteiger partial charge in [0.1, 0.15) is 0 Å². The quantitative estimate of drug-likeness (QED) is 0.674. The molecular weight excluding hydrogens is 398 g/mol. The van der Waals surface area contributed by atoms with E-state index >= 15 is 0 Å². The van der Waals surface area contributed by atoms with Gasteiger partial charge in [-0.25, -0.2) is 13.1 Å². The molecule has 3 rings (SSSR count). The molecule has 0 saturated carbocycles. The molecule has 30 heavy (non-hydrogen) atoms. The molecule has 1 atom stereocenters. The van der Waals surface area contributed by atoms with Crippen molar-refractivity contribution in [3.8, 4) is 0 Å². The Balaban J connectivity index is 1.62. The molecular formula is C23H31N3O3S. The molecule has 2 aromatic carbocycles. The maximum absolute atomic E-state index is 12.7. The average molecular weight is 430 g/mol. The van der Waals surface area contributed by atoms with E-state index in [4.69, 9.17) is 0 Å². The lowest BCUT2D eigenvalue weighted by molar-refractivity contribution is 0.0948. The van der Waals surface area contributed by atoms with Crippen LogP contribution in [-0.2, 0) is 10.0 Å². The first-order chi connectivity index (χ1) is 14.4. The van der Waals surface area contributed by atoms with E-state index in [9.17, 15) is 13.2 Å². The van der Waals surface area contributed by atoms with Crippen LogP contribution in [0.25, 0.3) is 0 Å². The van der Waals surface area contributed by atoms with Gasteiger partial charge in [0.15, 0.2) is 0 Å². The van der Waals surface area contributed by atoms with Gasteiger partial charge >= 0.3 is 0 Å². The third-order valence-corrected chi connectivity index (χ3v) is 7.20. The Labute approximate surface area is 179 Å². The van der Waals surface area contributed by atoms with Crippen molar-refractivity contribution in [2.75, 3.05) is 24.5 Å². The van der Waals surface area contributed by atoms with E-state index in [1.165, 1.54) is 0 Å². The Morgan fingerprint density at radius 1 is 1.07 bits per heavy atom. The summed E-state index contributed by atoms with van der Waals surface area (Å²) in [6.07, 6.45) is 2.40. The summed E-state index contributed by atoms with van der Waals surface area (Å²) in [4.78, 5) is 15.2. The van der Waals surface area contributed by atoms with Crippen LogP contribution in [0.3, 0.4) is 0 Å². The molecule has 1 heterocycles. The van der Waals surface area contributed by atoms with Crippen LogP contribution in [0.5, 0.6) is 0 Å². The van der Waals surface area contributed by atoms with E-state index in [2.05, 4.69) is 28.8 Å². The van der Waals surface area contributed by atoms with Crippen molar-refractivity contribution in [3.63, 3.8) is 0 Å². The van der Waals surface area contributed by atoms with Crippen LogP contribution in [0.15, 0.2) is 59.5 Å². The number of para-hydroxylation sites is 1. The highest BCUT2D eigenvalue weighted by atomic mass is 32.2. The predicted molar refractivity (Wildman–Crippen MR) is 120 cm³/mol. The number of carbonyl (C=O) groups excluding carboxylic acids is 1. The predicted octanol–water partition coefficient (Wildman–Crippen LogP) is 3.41. The third-order valence-electron chi connectivity index (χ3n) is 5.67. The van der Waals surface area contributed by atoms with Gasteiger partial charge in [0.05, 0.1) is 10.5 Å². The summed E-state index contributed by atoms with van der Waals surface area (Å²) in [7, 11) is -3.51. The van der Waals surface area contributed by atoms with Crippen LogP contribution < -0.4 is 14.9 Å². The zero-order chi connectivity index (χ0) is 21.6. The lowest BCUT2D eigenvalue weighted by atomic mass is 10.0. The van der Waals surface area contributed by atoms with Crippen LogP contribution >= 0.6 is 0 Å². The first kappa shape index (κ1) is 22.3. The number of rotatable bonds is 8. The van der Waals surface area contributed by atoms with Crippen LogP contribution in [-0.4, -0.2) is 40.0 Å². The standard InChI is InChI=1S/C23H31N3O3S/c1-3-18(2)17-24-23(27)21-11-7-8-12-22(21)26-15-13-19(14-16-26)25-30(28,29)20-9-5-4-6-10-20/h4-12,18-19,25H,3,13-17H2,1-2H3,(H,24,27)/t18-/m0/s1. The van der Waals surface area contributed by atoms with E-state index in [1.807, 2.05) is 24.3 Å². The number of hydrogen-bond donors (Lipinski definition) is 2. The van der Waals surface area contributed by atoms with Crippen molar-refractivity contribution in [2.24, 2.45) is 5.92 Å². The minimum atomic E-state index is -3.51. The molecule has 1 aliphatic heterocycles. The van der Waals surface area contributed by atoms with Crippen LogP contribution in [0.2, 0.25) is 0 Å². The number of hydrogen-bond acceptors (Lipinski definition) is 4. The molecule has 0 spiro atoms. The summed E-state index contributed by atoms with van der Waals surface area (Å²) in [5.41, 5.74) is 1.58. The number of amides is 1. The monoisotopic (exact) mass is 429 g/mol. The van der Waals surface area contributed by atoms with Gasteiger partial charge in [-0.3, -0.25) is 4.79 Å². The third kappa shape index (κ3) is 5.61. The average Bonchev–Trinajstić information content (AvgIpc) is 2.78. The van der Waals surface area contributed by atoms with Crippen molar-refractivity contribution in [1.29, 1.82) is 0 Å². The maximum Gasteiger partial charge on any atom is 0.253 e. The fourth-order valence-electron chi connectivity index (χ4n) is 3.57. The van der Waals surface area contributed by atoms with E-state index in [0.29, 0.717) is 44.0 Å². The summed E-state index contributed by atoms with van der Waals surface area (Å²) in [5.74, 6) is 0.382. The Kier molecular flexibility index (Phi) is 7.50. The summed E-state index contributed by atoms with van der Waals surface area (Å²) >= 11 is 0. The zero-order valence-electron chi connectivity index (χ0n) is 17.7. The second-order valence-corrected chi connectivity index (χ2v) is 9.65. The molecule has 2 aromatic rings. The highest BCUT2D eigenvalue weighted by Gasteiger charge is 2.26. The summed E-state index contributed by atoms with van der Waals surface area (Å²) in [6, 6.07) is 16.0. The molecule has 6 nitrogen and oxygen atoms in total. The van der Waals surface area contributed by atoms with Crippen molar-refractivity contribution < 1.29 is 13.2 Å². The number of anilines is 1. The first-order valence-electron chi connectivity index (χ1n) is 10.6. The van der Waals surface area contributed by atoms with Crippen molar-refractivity contribution >= 4 is 21.6 Å². The van der Waals surface area contributed by atoms with Gasteiger partial charge in [0.2, 0.25) is 10.0 Å². The Morgan fingerprint density at radius 2 is 1.70 bits per heavy atom. The van der Waals surface area contributed by atoms with Crippen molar-refractivity contribution in [1.82, 2.24) is 10.0 Å². The number of benzene rings is 2. The molecule has 1 amide bonds. The highest BCUT2D eigenvalue weighted by Crippen LogP contribution is 2.25. The van der Waals surface area contributed by atoms with Crippen LogP contribution in [0, 0.1) is 5.92 Å². The van der Waals surface area contributed by atoms with E-state index in [-0.39, 0.29) is 16.8 Å². The van der Waals surface area contributed by atoms with Gasteiger partial charge < -0.3 is 10.2 Å². The van der Waals surface area contributed by atoms with Gasteiger partial charge in [-0.1, -0.05) is 50.6 Å². The molecule has 1 saturated heterocycles. The SMILES string of the molecule is CC[C@H](C)CNC(=O)c1ccccc1N1CCC(NS(=O)(=O)c2ccccc2)CC1. The largest absolute Gasteiger partial charge is 0.371 e. The number of nitrogens with one attached hydrogen (secondary N) is 2. The topological polar surface area (TPSA) is 78.5 Å². The molecule has 0 bridgehead atoms. The lowest BCUT2D eigenvalue weighted by Gasteiger charge is -2.34. The van der Waals surface area contributed by atoms with Gasteiger partial charge in [-0.05, 0) is 43.0 Å². The van der Waals surface area contributed by atoms with Gasteiger partial charge in [-0.15, -0.1) is 0 Å². The normalized spacial score (nSPS) is 16.3. The van der Waals surface area contributed by atoms with E-state index in [1.54, 1.807) is 30.3 Å². The maximum atomic E-state index is 12.7. The van der Waals surface area contributed by atoms with Crippen molar-refractivity contribution in [3.05, 3.63) is 60.2 Å². The van der Waals surface area contributed by atoms with Crippen molar-refractivity contribution in [2.45, 2.75) is 44.0 Å². The summed E-state index contributed by atoms with van der Waals surface area (Å²) < 4.78 is 28.0. The fraction of sp³-hybridized carbons (Fsp3) is 0.435. The summed E-state index contributed by atoms with van der Waals surface area (Å²) in [5, 5.41) is 3.03. The fourth-order valence-corrected chi connectivity index (χ4v) is 4.90. The number of piperidine rings is 1. The van der Waals surface area contributed by atoms with E-state index < -0.39 is 10.0 Å². The molecule has 1 fully saturated rings. The van der Waals surface area contributed by atoms with Gasteiger partial charge in [0, 0.05) is 31.4 Å². The Bertz CT molecular complexity index is 939. The molecule has 0 aliphatic carbocycles. The molecule has 2 N–H and O–H groups in total. The van der Waals surface area contributed by atoms with Crippen LogP contribution in [0.4, 0.5) is 5.69 Å². The Morgan fingerprint density at radius 3 is 2.37 bits per heavy atom. The lowest BCUT2D eigenvalue weighted by Crippen LogP contribution is -2.45. The van der Waals surface area contributed by atoms with Crippen LogP contribution in [0.1, 0.15) is 43.5 Å². The molecule has 0 radical (unpaired) electrons. The Hall–Kier alpha value is -2.38. The number of sulfonamides is 1. The van der Waals surface area contributed by atoms with Gasteiger partial charge in [0.25, 0.3) is 5.91 Å². The molecule has 0 aromatic heterocycles. The van der Waals surface area contributed by atoms with Gasteiger partial charge in [-0.2, -0.15) is 0 Å². The second-order valence-electron chi connectivity index (χ2n) is 7.94. The molecule has 7 heteroatoms. The molecule has 1 aliphatic rings. The minimum absolute atomic E-state index is 0.0576. The zero-order valence-corrected chi connectivity index (χ0v) is 18.5.